The minimum absolute atomic E-state index is 0.774. The molecule has 1 N–H and O–H groups in total. The van der Waals surface area contributed by atoms with Crippen molar-refractivity contribution in [3.05, 3.63) is 23.0 Å². The van der Waals surface area contributed by atoms with Gasteiger partial charge in [-0.2, -0.15) is 0 Å². The van der Waals surface area contributed by atoms with Gasteiger partial charge in [0, 0.05) is 37.1 Å². The molecule has 0 fully saturated rings. The van der Waals surface area contributed by atoms with Gasteiger partial charge < -0.3 is 14.8 Å². The van der Waals surface area contributed by atoms with Crippen molar-refractivity contribution in [1.29, 1.82) is 0 Å². The molecule has 0 radical (unpaired) electrons. The fourth-order valence-electron chi connectivity index (χ4n) is 2.00. The lowest BCUT2D eigenvalue weighted by molar-refractivity contribution is 0.132. The third kappa shape index (κ3) is 5.17. The van der Waals surface area contributed by atoms with Gasteiger partial charge in [-0.25, -0.2) is 0 Å². The maximum Gasteiger partial charge on any atom is 0.128 e. The Kier molecular flexibility index (Phi) is 7.45. The van der Waals surface area contributed by atoms with Gasteiger partial charge in [-0.1, -0.05) is 6.92 Å². The number of ether oxygens (including phenoxy) is 2. The van der Waals surface area contributed by atoms with Crippen LogP contribution in [0, 0.1) is 13.8 Å². The second-order valence-corrected chi connectivity index (χ2v) is 4.69. The van der Waals surface area contributed by atoms with Crippen LogP contribution in [0.3, 0.4) is 0 Å². The highest BCUT2D eigenvalue weighted by Crippen LogP contribution is 2.23. The van der Waals surface area contributed by atoms with Crippen molar-refractivity contribution < 1.29 is 9.47 Å². The molecule has 0 aliphatic carbocycles. The van der Waals surface area contributed by atoms with Crippen molar-refractivity contribution in [3.63, 3.8) is 0 Å². The highest BCUT2D eigenvalue weighted by molar-refractivity contribution is 5.40. The number of aromatic nitrogens is 1. The van der Waals surface area contributed by atoms with Gasteiger partial charge in [-0.15, -0.1) is 0 Å². The van der Waals surface area contributed by atoms with Crippen LogP contribution < -0.4 is 10.1 Å². The van der Waals surface area contributed by atoms with E-state index in [2.05, 4.69) is 24.1 Å². The Morgan fingerprint density at radius 3 is 2.74 bits per heavy atom. The van der Waals surface area contributed by atoms with Crippen LogP contribution in [0.5, 0.6) is 5.75 Å². The predicted molar refractivity (Wildman–Crippen MR) is 77.7 cm³/mol. The van der Waals surface area contributed by atoms with E-state index < -0.39 is 0 Å². The van der Waals surface area contributed by atoms with Gasteiger partial charge in [0.2, 0.25) is 0 Å². The Morgan fingerprint density at radius 2 is 2.05 bits per heavy atom. The topological polar surface area (TPSA) is 43.4 Å². The monoisotopic (exact) mass is 266 g/mol. The summed E-state index contributed by atoms with van der Waals surface area (Å²) in [7, 11) is 1.71. The summed E-state index contributed by atoms with van der Waals surface area (Å²) in [6.45, 7) is 9.59. The predicted octanol–water partition coefficient (Wildman–Crippen LogP) is 2.61. The van der Waals surface area contributed by atoms with Gasteiger partial charge in [0.25, 0.3) is 0 Å². The number of hydrogen-bond acceptors (Lipinski definition) is 4. The second kappa shape index (κ2) is 8.88. The fourth-order valence-corrected chi connectivity index (χ4v) is 2.00. The first-order valence-electron chi connectivity index (χ1n) is 6.98. The summed E-state index contributed by atoms with van der Waals surface area (Å²) < 4.78 is 10.8. The first-order chi connectivity index (χ1) is 9.20. The summed E-state index contributed by atoms with van der Waals surface area (Å²) in [5.74, 6) is 0.943. The standard InChI is InChI=1S/C15H26N2O2/c1-5-8-19-9-6-7-16-11-14-13(3)15(18-4)12(2)10-17-14/h10,16H,5-9,11H2,1-4H3. The lowest BCUT2D eigenvalue weighted by Gasteiger charge is -2.12. The average molecular weight is 266 g/mol. The Morgan fingerprint density at radius 1 is 1.26 bits per heavy atom. The van der Waals surface area contributed by atoms with E-state index >= 15 is 0 Å². The van der Waals surface area contributed by atoms with E-state index in [1.807, 2.05) is 13.1 Å². The van der Waals surface area contributed by atoms with E-state index in [1.54, 1.807) is 7.11 Å². The molecule has 0 saturated heterocycles. The number of pyridine rings is 1. The van der Waals surface area contributed by atoms with Crippen molar-refractivity contribution in [1.82, 2.24) is 10.3 Å². The lowest BCUT2D eigenvalue weighted by Crippen LogP contribution is -2.18. The quantitative estimate of drug-likeness (QED) is 0.698. The van der Waals surface area contributed by atoms with Gasteiger partial charge in [-0.05, 0) is 33.2 Å². The van der Waals surface area contributed by atoms with E-state index in [4.69, 9.17) is 9.47 Å². The summed E-state index contributed by atoms with van der Waals surface area (Å²) in [5, 5.41) is 3.39. The van der Waals surface area contributed by atoms with E-state index in [0.29, 0.717) is 0 Å². The molecule has 0 spiro atoms. The van der Waals surface area contributed by atoms with Crippen LogP contribution in [0.15, 0.2) is 6.20 Å². The lowest BCUT2D eigenvalue weighted by atomic mass is 10.1. The molecular weight excluding hydrogens is 240 g/mol. The van der Waals surface area contributed by atoms with Crippen molar-refractivity contribution in [2.75, 3.05) is 26.9 Å². The van der Waals surface area contributed by atoms with Crippen molar-refractivity contribution >= 4 is 0 Å². The van der Waals surface area contributed by atoms with Gasteiger partial charge in [0.05, 0.1) is 12.8 Å². The third-order valence-electron chi connectivity index (χ3n) is 3.03. The molecule has 0 aromatic carbocycles. The number of aryl methyl sites for hydroxylation is 1. The molecule has 0 amide bonds. The van der Waals surface area contributed by atoms with Crippen LogP contribution in [0.1, 0.15) is 36.6 Å². The molecule has 4 heteroatoms. The minimum Gasteiger partial charge on any atom is -0.496 e. The van der Waals surface area contributed by atoms with Crippen LogP contribution in [0.4, 0.5) is 0 Å². The molecule has 108 valence electrons. The molecule has 0 aliphatic heterocycles. The van der Waals surface area contributed by atoms with E-state index in [0.717, 1.165) is 61.7 Å². The zero-order chi connectivity index (χ0) is 14.1. The van der Waals surface area contributed by atoms with Crippen LogP contribution in [-0.4, -0.2) is 31.9 Å². The molecule has 1 aromatic heterocycles. The van der Waals surface area contributed by atoms with Gasteiger partial charge >= 0.3 is 0 Å². The van der Waals surface area contributed by atoms with Gasteiger partial charge in [-0.3, -0.25) is 4.98 Å². The van der Waals surface area contributed by atoms with Crippen LogP contribution in [0.25, 0.3) is 0 Å². The molecule has 0 atom stereocenters. The maximum atomic E-state index is 5.44. The molecule has 1 heterocycles. The number of rotatable bonds is 9. The fraction of sp³-hybridized carbons (Fsp3) is 0.667. The van der Waals surface area contributed by atoms with Crippen LogP contribution >= 0.6 is 0 Å². The Balaban J connectivity index is 2.33. The van der Waals surface area contributed by atoms with E-state index in [1.165, 1.54) is 0 Å². The highest BCUT2D eigenvalue weighted by Gasteiger charge is 2.08. The molecule has 0 saturated carbocycles. The Bertz CT molecular complexity index is 381. The molecule has 0 bridgehead atoms. The summed E-state index contributed by atoms with van der Waals surface area (Å²) >= 11 is 0. The molecule has 0 unspecified atom stereocenters. The number of methoxy groups -OCH3 is 1. The largest absolute Gasteiger partial charge is 0.496 e. The first-order valence-corrected chi connectivity index (χ1v) is 6.98. The van der Waals surface area contributed by atoms with E-state index in [9.17, 15) is 0 Å². The molecule has 1 rings (SSSR count). The SMILES string of the molecule is CCCOCCCNCc1ncc(C)c(OC)c1C. The molecule has 0 aliphatic rings. The number of nitrogens with one attached hydrogen (secondary N) is 1. The maximum absolute atomic E-state index is 5.44. The first kappa shape index (κ1) is 15.9. The second-order valence-electron chi connectivity index (χ2n) is 4.69. The highest BCUT2D eigenvalue weighted by atomic mass is 16.5. The molecule has 4 nitrogen and oxygen atoms in total. The Labute approximate surface area is 116 Å². The molecular formula is C15H26N2O2. The van der Waals surface area contributed by atoms with Crippen molar-refractivity contribution in [2.24, 2.45) is 0 Å². The van der Waals surface area contributed by atoms with E-state index in [-0.39, 0.29) is 0 Å². The number of nitrogens with zero attached hydrogens (tertiary/aromatic N) is 1. The zero-order valence-corrected chi connectivity index (χ0v) is 12.6. The van der Waals surface area contributed by atoms with Crippen LogP contribution in [0.2, 0.25) is 0 Å². The van der Waals surface area contributed by atoms with Crippen LogP contribution in [-0.2, 0) is 11.3 Å². The summed E-state index contributed by atoms with van der Waals surface area (Å²) in [5.41, 5.74) is 3.26. The molecule has 1 aromatic rings. The van der Waals surface area contributed by atoms with Gasteiger partial charge in [0.1, 0.15) is 5.75 Å². The van der Waals surface area contributed by atoms with Crippen molar-refractivity contribution in [2.45, 2.75) is 40.2 Å². The zero-order valence-electron chi connectivity index (χ0n) is 12.6. The van der Waals surface area contributed by atoms with Crippen molar-refractivity contribution in [3.8, 4) is 5.75 Å². The third-order valence-corrected chi connectivity index (χ3v) is 3.03. The molecule has 19 heavy (non-hydrogen) atoms. The average Bonchev–Trinajstić information content (AvgIpc) is 2.40. The summed E-state index contributed by atoms with van der Waals surface area (Å²) in [6, 6.07) is 0. The minimum atomic E-state index is 0.774. The summed E-state index contributed by atoms with van der Waals surface area (Å²) in [6.07, 6.45) is 3.98. The normalized spacial score (nSPS) is 10.7. The number of hydrogen-bond donors (Lipinski definition) is 1. The smallest absolute Gasteiger partial charge is 0.128 e. The Hall–Kier alpha value is -1.13. The van der Waals surface area contributed by atoms with Gasteiger partial charge in [0.15, 0.2) is 0 Å². The summed E-state index contributed by atoms with van der Waals surface area (Å²) in [4.78, 5) is 4.46.